The zero-order valence-electron chi connectivity index (χ0n) is 13.9. The van der Waals surface area contributed by atoms with Crippen LogP contribution in [0, 0.1) is 12.8 Å². The Bertz CT molecular complexity index is 751. The number of nitrogens with one attached hydrogen (secondary N) is 1. The second-order valence-corrected chi connectivity index (χ2v) is 6.84. The normalized spacial score (nSPS) is 18.5. The lowest BCUT2D eigenvalue weighted by atomic mass is 10.1. The first kappa shape index (κ1) is 15.3. The van der Waals surface area contributed by atoms with E-state index in [0.717, 1.165) is 55.5 Å². The third-order valence-corrected chi connectivity index (χ3v) is 4.89. The first-order chi connectivity index (χ1) is 11.7. The van der Waals surface area contributed by atoms with Crippen LogP contribution in [0.4, 0.5) is 0 Å². The number of hydrogen-bond acceptors (Lipinski definition) is 5. The summed E-state index contributed by atoms with van der Waals surface area (Å²) >= 11 is 0. The van der Waals surface area contributed by atoms with Crippen molar-refractivity contribution >= 4 is 5.91 Å². The molecular formula is C18H22N4O2. The molecule has 24 heavy (non-hydrogen) atoms. The van der Waals surface area contributed by atoms with Crippen molar-refractivity contribution in [2.75, 3.05) is 0 Å². The molecule has 2 heterocycles. The van der Waals surface area contributed by atoms with Crippen LogP contribution in [-0.2, 0) is 12.8 Å². The fourth-order valence-electron chi connectivity index (χ4n) is 3.39. The smallest absolute Gasteiger partial charge is 0.274 e. The molecule has 2 aliphatic carbocycles. The second kappa shape index (κ2) is 6.34. The van der Waals surface area contributed by atoms with Crippen LogP contribution in [0.2, 0.25) is 0 Å². The predicted molar refractivity (Wildman–Crippen MR) is 87.5 cm³/mol. The van der Waals surface area contributed by atoms with Crippen LogP contribution >= 0.6 is 0 Å². The summed E-state index contributed by atoms with van der Waals surface area (Å²) in [5.74, 6) is 1.83. The highest BCUT2D eigenvalue weighted by Gasteiger charge is 2.36. The lowest BCUT2D eigenvalue weighted by Gasteiger charge is -2.16. The predicted octanol–water partition coefficient (Wildman–Crippen LogP) is 2.92. The van der Waals surface area contributed by atoms with Gasteiger partial charge < -0.3 is 9.84 Å². The molecule has 0 saturated heterocycles. The van der Waals surface area contributed by atoms with E-state index in [1.807, 2.05) is 13.0 Å². The van der Waals surface area contributed by atoms with Gasteiger partial charge in [0.05, 0.1) is 6.04 Å². The monoisotopic (exact) mass is 326 g/mol. The third kappa shape index (κ3) is 3.05. The molecule has 1 atom stereocenters. The fourth-order valence-corrected chi connectivity index (χ4v) is 3.39. The van der Waals surface area contributed by atoms with E-state index in [2.05, 4.69) is 20.4 Å². The van der Waals surface area contributed by atoms with Crippen molar-refractivity contribution in [1.82, 2.24) is 20.4 Å². The van der Waals surface area contributed by atoms with E-state index < -0.39 is 0 Å². The number of carbonyl (C=O) groups is 1. The topological polar surface area (TPSA) is 80.9 Å². The number of amides is 1. The summed E-state index contributed by atoms with van der Waals surface area (Å²) in [6.45, 7) is 1.94. The molecule has 0 bridgehead atoms. The number of fused-ring (bicyclic) bond motifs is 1. The van der Waals surface area contributed by atoms with Gasteiger partial charge in [-0.15, -0.1) is 0 Å². The van der Waals surface area contributed by atoms with E-state index in [1.165, 1.54) is 6.42 Å². The zero-order valence-corrected chi connectivity index (χ0v) is 13.9. The molecule has 0 aromatic carbocycles. The molecule has 0 unspecified atom stereocenters. The Labute approximate surface area is 141 Å². The van der Waals surface area contributed by atoms with Gasteiger partial charge in [-0.2, -0.15) is 0 Å². The minimum Gasteiger partial charge on any atom is -0.360 e. The molecule has 2 aromatic rings. The summed E-state index contributed by atoms with van der Waals surface area (Å²) in [4.78, 5) is 21.7. The van der Waals surface area contributed by atoms with Gasteiger partial charge in [0.2, 0.25) is 0 Å². The Kier molecular flexibility index (Phi) is 4.04. The maximum Gasteiger partial charge on any atom is 0.274 e. The first-order valence-corrected chi connectivity index (χ1v) is 8.80. The van der Waals surface area contributed by atoms with Crippen LogP contribution in [-0.4, -0.2) is 21.0 Å². The van der Waals surface area contributed by atoms with Crippen molar-refractivity contribution in [2.24, 2.45) is 5.92 Å². The van der Waals surface area contributed by atoms with Crippen molar-refractivity contribution in [3.05, 3.63) is 40.8 Å². The van der Waals surface area contributed by atoms with Gasteiger partial charge in [-0.05, 0) is 51.0 Å². The van der Waals surface area contributed by atoms with Crippen LogP contribution in [0.1, 0.15) is 71.5 Å². The molecule has 0 aliphatic heterocycles. The maximum absolute atomic E-state index is 12.8. The summed E-state index contributed by atoms with van der Waals surface area (Å²) in [5, 5.41) is 7.16. The van der Waals surface area contributed by atoms with Crippen LogP contribution in [0.3, 0.4) is 0 Å². The fraction of sp³-hybridized carbons (Fsp3) is 0.556. The Morgan fingerprint density at radius 3 is 2.92 bits per heavy atom. The second-order valence-electron chi connectivity index (χ2n) is 6.84. The Balaban J connectivity index is 1.57. The summed E-state index contributed by atoms with van der Waals surface area (Å²) in [6.07, 6.45) is 9.05. The highest BCUT2D eigenvalue weighted by atomic mass is 16.5. The van der Waals surface area contributed by atoms with Gasteiger partial charge in [0, 0.05) is 23.9 Å². The molecule has 6 nitrogen and oxygen atoms in total. The minimum absolute atomic E-state index is 0.143. The number of aryl methyl sites for hydroxylation is 2. The van der Waals surface area contributed by atoms with Crippen molar-refractivity contribution in [1.29, 1.82) is 0 Å². The molecule has 1 N–H and O–H groups in total. The molecule has 2 aromatic heterocycles. The lowest BCUT2D eigenvalue weighted by Crippen LogP contribution is -2.32. The number of nitrogens with zero attached hydrogens (tertiary/aromatic N) is 3. The molecule has 0 radical (unpaired) electrons. The van der Waals surface area contributed by atoms with E-state index in [4.69, 9.17) is 4.52 Å². The maximum atomic E-state index is 12.8. The SMILES string of the molecule is Cc1ccnc([C@H](NC(=O)c2noc3c2CCCCC3)C2CC2)n1. The van der Waals surface area contributed by atoms with Crippen molar-refractivity contribution in [3.63, 3.8) is 0 Å². The zero-order chi connectivity index (χ0) is 16.5. The standard InChI is InChI=1S/C18H22N4O2/c1-11-9-10-19-17(20-11)15(12-7-8-12)21-18(23)16-13-5-3-2-4-6-14(13)24-22-16/h9-10,12,15H,2-8H2,1H3,(H,21,23)/t15-/m1/s1. The third-order valence-electron chi connectivity index (χ3n) is 4.89. The minimum atomic E-state index is -0.163. The summed E-state index contributed by atoms with van der Waals surface area (Å²) in [5.41, 5.74) is 2.35. The van der Waals surface area contributed by atoms with Gasteiger partial charge in [-0.1, -0.05) is 11.6 Å². The van der Waals surface area contributed by atoms with E-state index in [0.29, 0.717) is 17.4 Å². The Morgan fingerprint density at radius 1 is 1.29 bits per heavy atom. The van der Waals surface area contributed by atoms with Gasteiger partial charge in [0.1, 0.15) is 5.76 Å². The molecule has 1 saturated carbocycles. The Morgan fingerprint density at radius 2 is 2.12 bits per heavy atom. The van der Waals surface area contributed by atoms with Crippen molar-refractivity contribution < 1.29 is 9.32 Å². The number of hydrogen-bond donors (Lipinski definition) is 1. The quantitative estimate of drug-likeness (QED) is 0.874. The molecule has 1 fully saturated rings. The van der Waals surface area contributed by atoms with Gasteiger partial charge >= 0.3 is 0 Å². The molecule has 0 spiro atoms. The largest absolute Gasteiger partial charge is 0.360 e. The van der Waals surface area contributed by atoms with Gasteiger partial charge in [-0.3, -0.25) is 4.79 Å². The average molecular weight is 326 g/mol. The van der Waals surface area contributed by atoms with Gasteiger partial charge in [0.15, 0.2) is 11.5 Å². The summed E-state index contributed by atoms with van der Waals surface area (Å²) in [6, 6.07) is 1.72. The summed E-state index contributed by atoms with van der Waals surface area (Å²) in [7, 11) is 0. The molecule has 2 aliphatic rings. The van der Waals surface area contributed by atoms with E-state index in [1.54, 1.807) is 6.20 Å². The molecule has 1 amide bonds. The van der Waals surface area contributed by atoms with E-state index >= 15 is 0 Å². The lowest BCUT2D eigenvalue weighted by molar-refractivity contribution is 0.0919. The highest BCUT2D eigenvalue weighted by molar-refractivity contribution is 5.94. The highest BCUT2D eigenvalue weighted by Crippen LogP contribution is 2.40. The van der Waals surface area contributed by atoms with Gasteiger partial charge in [0.25, 0.3) is 5.91 Å². The molecule has 126 valence electrons. The number of rotatable bonds is 4. The summed E-state index contributed by atoms with van der Waals surface area (Å²) < 4.78 is 5.43. The van der Waals surface area contributed by atoms with Crippen LogP contribution in [0.25, 0.3) is 0 Å². The molecule has 4 rings (SSSR count). The molecular weight excluding hydrogens is 304 g/mol. The average Bonchev–Trinajstić information content (AvgIpc) is 3.37. The number of carbonyl (C=O) groups excluding carboxylic acids is 1. The van der Waals surface area contributed by atoms with E-state index in [-0.39, 0.29) is 11.9 Å². The van der Waals surface area contributed by atoms with Crippen molar-refractivity contribution in [2.45, 2.75) is 57.9 Å². The van der Waals surface area contributed by atoms with Crippen molar-refractivity contribution in [3.8, 4) is 0 Å². The Hall–Kier alpha value is -2.24. The van der Waals surface area contributed by atoms with Crippen LogP contribution < -0.4 is 5.32 Å². The van der Waals surface area contributed by atoms with Crippen LogP contribution in [0.5, 0.6) is 0 Å². The molecule has 6 heteroatoms. The van der Waals surface area contributed by atoms with Crippen LogP contribution in [0.15, 0.2) is 16.8 Å². The number of aromatic nitrogens is 3. The van der Waals surface area contributed by atoms with E-state index in [9.17, 15) is 4.79 Å². The first-order valence-electron chi connectivity index (χ1n) is 8.80. The van der Waals surface area contributed by atoms with Gasteiger partial charge in [-0.25, -0.2) is 9.97 Å².